The van der Waals surface area contributed by atoms with E-state index in [1.807, 2.05) is 37.2 Å². The van der Waals surface area contributed by atoms with Gasteiger partial charge in [-0.1, -0.05) is 27.7 Å². The summed E-state index contributed by atoms with van der Waals surface area (Å²) in [5.74, 6) is -2.57. The number of imidazole rings is 1. The molecule has 2 fully saturated rings. The van der Waals surface area contributed by atoms with Crippen LogP contribution in [0.4, 0.5) is 18.4 Å². The van der Waals surface area contributed by atoms with Gasteiger partial charge in [-0.25, -0.2) is 23.4 Å². The average Bonchev–Trinajstić information content (AvgIpc) is 4.11. The third-order valence-electron chi connectivity index (χ3n) is 14.1. The van der Waals surface area contributed by atoms with Crippen LogP contribution in [0.3, 0.4) is 0 Å². The molecule has 0 saturated carbocycles. The number of nitrogens with zero attached hydrogens (tertiary/aromatic N) is 7. The van der Waals surface area contributed by atoms with Crippen molar-refractivity contribution in [3.05, 3.63) is 53.6 Å². The molecule has 2 aromatic carbocycles. The number of likely N-dealkylation sites (N-methyl/N-ethyl adjacent to an activating group) is 3. The maximum absolute atomic E-state index is 15.1. The maximum atomic E-state index is 15.1. The van der Waals surface area contributed by atoms with Crippen molar-refractivity contribution in [3.8, 4) is 11.5 Å². The number of rotatable bonds is 15. The number of amides is 6. The highest BCUT2D eigenvalue weighted by atomic mass is 19.1. The summed E-state index contributed by atoms with van der Waals surface area (Å²) in [7, 11) is 4.55. The smallest absolute Gasteiger partial charge is 0.410 e. The molecular formula is C54H77F2N9O8. The zero-order valence-corrected chi connectivity index (χ0v) is 45.4. The topological polar surface area (TPSA) is 183 Å². The van der Waals surface area contributed by atoms with Gasteiger partial charge >= 0.3 is 12.2 Å². The Morgan fingerprint density at radius 3 is 1.86 bits per heavy atom. The molecule has 2 aliphatic rings. The molecule has 0 spiro atoms. The molecule has 0 aliphatic carbocycles. The lowest BCUT2D eigenvalue weighted by Gasteiger charge is -2.38. The van der Waals surface area contributed by atoms with Gasteiger partial charge in [0.05, 0.1) is 16.7 Å². The second-order valence-electron chi connectivity index (χ2n) is 22.6. The molecule has 6 rings (SSSR count). The monoisotopic (exact) mass is 1020 g/mol. The summed E-state index contributed by atoms with van der Waals surface area (Å²) in [4.78, 5) is 98.9. The lowest BCUT2D eigenvalue weighted by atomic mass is 9.97. The number of aromatic nitrogens is 3. The van der Waals surface area contributed by atoms with Crippen LogP contribution in [0.1, 0.15) is 114 Å². The van der Waals surface area contributed by atoms with Gasteiger partial charge in [-0.3, -0.25) is 29.0 Å². The SMILES string of the molecule is CC(C)[C@H](NC(=O)[C@H](C)N(C)C(=O)OC(C)(C)C)C(=O)N1CCC[C@H]1Cn1c(-c2[nH]c3cc(F)ccc3c2C[C@@H]2CCCN2C(=O)[C@H](C(C)C)N(C)C(=O)[C@H](C)N(C)C(=O)OC(C)(C)C)nc2cc(F)ccc21. The number of carbonyl (C=O) groups excluding carboxylic acids is 6. The van der Waals surface area contributed by atoms with E-state index in [9.17, 15) is 28.8 Å². The maximum Gasteiger partial charge on any atom is 0.410 e. The van der Waals surface area contributed by atoms with E-state index < -0.39 is 71.0 Å². The number of fused-ring (bicyclic) bond motifs is 2. The molecule has 19 heteroatoms. The van der Waals surface area contributed by atoms with Gasteiger partial charge in [0, 0.05) is 69.8 Å². The number of aromatic amines is 1. The molecule has 4 heterocycles. The average molecular weight is 1020 g/mol. The summed E-state index contributed by atoms with van der Waals surface area (Å²) in [5, 5.41) is 3.63. The zero-order chi connectivity index (χ0) is 54.2. The van der Waals surface area contributed by atoms with E-state index in [4.69, 9.17) is 14.5 Å². The number of benzene rings is 2. The van der Waals surface area contributed by atoms with E-state index >= 15 is 8.78 Å². The molecule has 2 N–H and O–H groups in total. The molecule has 2 saturated heterocycles. The van der Waals surface area contributed by atoms with Crippen LogP contribution in [-0.2, 0) is 41.6 Å². The predicted octanol–water partition coefficient (Wildman–Crippen LogP) is 8.12. The van der Waals surface area contributed by atoms with Crippen LogP contribution in [0.5, 0.6) is 0 Å². The minimum absolute atomic E-state index is 0.234. The molecule has 6 amide bonds. The third-order valence-corrected chi connectivity index (χ3v) is 14.1. The van der Waals surface area contributed by atoms with Crippen LogP contribution in [0.2, 0.25) is 0 Å². The summed E-state index contributed by atoms with van der Waals surface area (Å²) in [6.07, 6.45) is 1.65. The van der Waals surface area contributed by atoms with Crippen molar-refractivity contribution in [1.29, 1.82) is 0 Å². The number of nitrogens with one attached hydrogen (secondary N) is 2. The molecule has 0 unspecified atom stereocenters. The first-order valence-corrected chi connectivity index (χ1v) is 25.5. The molecule has 4 aromatic rings. The molecule has 17 nitrogen and oxygen atoms in total. The van der Waals surface area contributed by atoms with Gasteiger partial charge in [-0.15, -0.1) is 0 Å². The summed E-state index contributed by atoms with van der Waals surface area (Å²) in [6.45, 7) is 22.2. The van der Waals surface area contributed by atoms with Crippen molar-refractivity contribution in [2.75, 3.05) is 34.2 Å². The number of halogens is 2. The standard InChI is InChI=1S/C54H77F2N9O8/c1-30(2)43(59-47(66)32(5)60(13)51(70)72-53(7,8)9)49(68)64-25-17-19-37(64)29-65-42-23-21-35(56)27-41(42)58-46(65)44-39(38-22-20-34(55)26-40(38)57-44)28-36-18-16-24-63(36)50(69)45(31(3)4)62(15)48(67)33(6)61(14)52(71)73-54(10,11)12/h20-23,26-27,30-33,36-37,43,45,57H,16-19,24-25,28-29H2,1-15H3,(H,59,66)/t32-,33-,36-,37-,43-,45-/m0/s1. The fourth-order valence-electron chi connectivity index (χ4n) is 10.0. The van der Waals surface area contributed by atoms with Crippen LogP contribution >= 0.6 is 0 Å². The van der Waals surface area contributed by atoms with E-state index in [0.717, 1.165) is 5.56 Å². The normalized spacial score (nSPS) is 18.0. The van der Waals surface area contributed by atoms with Gasteiger partial charge in [0.1, 0.15) is 47.0 Å². The molecule has 73 heavy (non-hydrogen) atoms. The van der Waals surface area contributed by atoms with E-state index in [1.54, 1.807) is 79.5 Å². The highest BCUT2D eigenvalue weighted by Gasteiger charge is 2.42. The lowest BCUT2D eigenvalue weighted by Crippen LogP contribution is -2.57. The fraction of sp³-hybridized carbons (Fsp3) is 0.611. The molecule has 400 valence electrons. The Morgan fingerprint density at radius 2 is 1.29 bits per heavy atom. The van der Waals surface area contributed by atoms with E-state index in [-0.39, 0.29) is 42.3 Å². The van der Waals surface area contributed by atoms with Crippen molar-refractivity contribution >= 4 is 57.8 Å². The summed E-state index contributed by atoms with van der Waals surface area (Å²) in [6, 6.07) is 4.48. The van der Waals surface area contributed by atoms with Gasteiger partial charge in [-0.05, 0) is 135 Å². The summed E-state index contributed by atoms with van der Waals surface area (Å²) >= 11 is 0. The number of H-pyrrole nitrogens is 1. The molecule has 2 aromatic heterocycles. The summed E-state index contributed by atoms with van der Waals surface area (Å²) in [5.41, 5.74) is 1.25. The lowest BCUT2D eigenvalue weighted by molar-refractivity contribution is -0.149. The molecular weight excluding hydrogens is 941 g/mol. The molecule has 0 radical (unpaired) electrons. The van der Waals surface area contributed by atoms with Crippen molar-refractivity contribution in [3.63, 3.8) is 0 Å². The fourth-order valence-corrected chi connectivity index (χ4v) is 10.0. The second kappa shape index (κ2) is 22.1. The van der Waals surface area contributed by atoms with Crippen LogP contribution in [0, 0.1) is 23.5 Å². The first-order valence-electron chi connectivity index (χ1n) is 25.5. The van der Waals surface area contributed by atoms with Gasteiger partial charge in [-0.2, -0.15) is 0 Å². The molecule has 2 aliphatic heterocycles. The Bertz CT molecular complexity index is 2700. The number of carbonyl (C=O) groups is 6. The third kappa shape index (κ3) is 12.6. The number of hydrogen-bond donors (Lipinski definition) is 2. The molecule has 6 atom stereocenters. The predicted molar refractivity (Wildman–Crippen MR) is 275 cm³/mol. The molecule has 0 bridgehead atoms. The number of ether oxygens (including phenoxy) is 2. The van der Waals surface area contributed by atoms with Crippen molar-refractivity contribution in [2.45, 2.75) is 169 Å². The largest absolute Gasteiger partial charge is 0.444 e. The van der Waals surface area contributed by atoms with Gasteiger partial charge in [0.15, 0.2) is 5.82 Å². The van der Waals surface area contributed by atoms with Crippen LogP contribution < -0.4 is 5.32 Å². The van der Waals surface area contributed by atoms with Crippen LogP contribution in [0.25, 0.3) is 33.5 Å². The van der Waals surface area contributed by atoms with Gasteiger partial charge < -0.3 is 39.0 Å². The number of likely N-dealkylation sites (tertiary alicyclic amines) is 2. The Labute approximate surface area is 428 Å². The van der Waals surface area contributed by atoms with Crippen molar-refractivity contribution < 1.29 is 47.0 Å². The Balaban J connectivity index is 1.32. The first kappa shape index (κ1) is 56.0. The second-order valence-corrected chi connectivity index (χ2v) is 22.6. The highest BCUT2D eigenvalue weighted by Crippen LogP contribution is 2.37. The zero-order valence-electron chi connectivity index (χ0n) is 45.4. The van der Waals surface area contributed by atoms with Crippen molar-refractivity contribution in [1.82, 2.24) is 44.4 Å². The first-order chi connectivity index (χ1) is 34.0. The quantitative estimate of drug-likeness (QED) is 0.119. The van der Waals surface area contributed by atoms with E-state index in [0.29, 0.717) is 78.6 Å². The minimum atomic E-state index is -0.942. The summed E-state index contributed by atoms with van der Waals surface area (Å²) < 4.78 is 43.0. The van der Waals surface area contributed by atoms with E-state index in [2.05, 4.69) is 10.3 Å². The van der Waals surface area contributed by atoms with E-state index in [1.165, 1.54) is 53.1 Å². The highest BCUT2D eigenvalue weighted by molar-refractivity contribution is 5.94. The van der Waals surface area contributed by atoms with Crippen LogP contribution in [-0.4, -0.2) is 157 Å². The van der Waals surface area contributed by atoms with Crippen molar-refractivity contribution in [2.24, 2.45) is 11.8 Å². The Hall–Kier alpha value is -6.27. The minimum Gasteiger partial charge on any atom is -0.444 e. The van der Waals surface area contributed by atoms with Crippen LogP contribution in [0.15, 0.2) is 36.4 Å². The van der Waals surface area contributed by atoms with Gasteiger partial charge in [0.25, 0.3) is 0 Å². The Kier molecular flexibility index (Phi) is 16.9. The van der Waals surface area contributed by atoms with Gasteiger partial charge in [0.2, 0.25) is 23.6 Å². The Morgan fingerprint density at radius 1 is 0.740 bits per heavy atom. The number of hydrogen-bond acceptors (Lipinski definition) is 9.